The number of thioether (sulfide) groups is 2. The summed E-state index contributed by atoms with van der Waals surface area (Å²) in [7, 11) is 1.24. The van der Waals surface area contributed by atoms with Gasteiger partial charge in [-0.05, 0) is 23.8 Å². The van der Waals surface area contributed by atoms with Crippen LogP contribution in [0.3, 0.4) is 0 Å². The summed E-state index contributed by atoms with van der Waals surface area (Å²) in [5.41, 5.74) is 0.212. The van der Waals surface area contributed by atoms with E-state index in [9.17, 15) is 29.4 Å². The maximum Gasteiger partial charge on any atom is 0.352 e. The molecule has 2 aromatic heterocycles. The maximum absolute atomic E-state index is 13.2. The number of carboxylic acids is 1. The molecule has 0 unspecified atom stereocenters. The lowest BCUT2D eigenvalue weighted by molar-refractivity contribution is -0.150. The molecular weight excluding hydrogens is 635 g/mol. The van der Waals surface area contributed by atoms with Crippen molar-refractivity contribution < 1.29 is 39.0 Å². The summed E-state index contributed by atoms with van der Waals surface area (Å²) in [6, 6.07) is 10.7. The molecule has 44 heavy (non-hydrogen) atoms. The van der Waals surface area contributed by atoms with Gasteiger partial charge < -0.3 is 25.1 Å². The van der Waals surface area contributed by atoms with Gasteiger partial charge in [0.2, 0.25) is 5.88 Å². The lowest BCUT2D eigenvalue weighted by Gasteiger charge is -2.49. The van der Waals surface area contributed by atoms with Crippen LogP contribution < -0.4 is 15.4 Å². The average molecular weight is 658 g/mol. The van der Waals surface area contributed by atoms with Gasteiger partial charge in [0, 0.05) is 23.0 Å². The minimum absolute atomic E-state index is 0.0938. The van der Waals surface area contributed by atoms with Gasteiger partial charge >= 0.3 is 5.97 Å². The third kappa shape index (κ3) is 6.92. The number of amides is 3. The molecule has 3 aromatic rings. The van der Waals surface area contributed by atoms with Crippen LogP contribution in [0.2, 0.25) is 0 Å². The number of hydrogen-bond donors (Lipinski definition) is 4. The largest absolute Gasteiger partial charge is 0.492 e. The second-order valence-corrected chi connectivity index (χ2v) is 11.9. The van der Waals surface area contributed by atoms with E-state index in [-0.39, 0.29) is 40.5 Å². The molecule has 4 N–H and O–H groups in total. The van der Waals surface area contributed by atoms with E-state index in [1.165, 1.54) is 42.1 Å². The van der Waals surface area contributed by atoms with Crippen LogP contribution in [0.25, 0.3) is 0 Å². The zero-order chi connectivity index (χ0) is 31.2. The van der Waals surface area contributed by atoms with Crippen molar-refractivity contribution in [2.24, 2.45) is 5.16 Å². The fraction of sp³-hybridized carbons (Fsp3) is 0.231. The molecule has 0 radical (unpaired) electrons. The normalized spacial score (nSPS) is 17.8. The molecule has 2 aliphatic heterocycles. The highest BCUT2D eigenvalue weighted by molar-refractivity contribution is 8.01. The molecule has 0 spiro atoms. The first kappa shape index (κ1) is 30.8. The molecule has 1 fully saturated rings. The van der Waals surface area contributed by atoms with E-state index < -0.39 is 35.1 Å². The Morgan fingerprint density at radius 1 is 1.18 bits per heavy atom. The second-order valence-electron chi connectivity index (χ2n) is 8.95. The van der Waals surface area contributed by atoms with Gasteiger partial charge in [-0.1, -0.05) is 23.4 Å². The van der Waals surface area contributed by atoms with Crippen LogP contribution in [0.15, 0.2) is 69.3 Å². The van der Waals surface area contributed by atoms with Crippen molar-refractivity contribution in [1.29, 1.82) is 0 Å². The Hall–Kier alpha value is -4.68. The first-order chi connectivity index (χ1) is 21.2. The highest BCUT2D eigenvalue weighted by Gasteiger charge is 2.54. The number of oxime groups is 1. The number of aliphatic carboxylic acids is 1. The molecule has 0 bridgehead atoms. The minimum Gasteiger partial charge on any atom is -0.492 e. The Balaban J connectivity index is 1.21. The van der Waals surface area contributed by atoms with Crippen LogP contribution in [0.4, 0.5) is 5.13 Å². The molecule has 1 aromatic carbocycles. The predicted octanol–water partition coefficient (Wildman–Crippen LogP) is 1.54. The summed E-state index contributed by atoms with van der Waals surface area (Å²) in [6.45, 7) is -0.254. The Bertz CT molecular complexity index is 1630. The van der Waals surface area contributed by atoms with Gasteiger partial charge in [0.25, 0.3) is 17.7 Å². The monoisotopic (exact) mass is 657 g/mol. The highest BCUT2D eigenvalue weighted by Crippen LogP contribution is 2.41. The molecule has 4 heterocycles. The van der Waals surface area contributed by atoms with Crippen molar-refractivity contribution in [3.05, 3.63) is 64.8 Å². The zero-order valence-electron chi connectivity index (χ0n) is 22.7. The number of para-hydroxylation sites is 1. The Morgan fingerprint density at radius 3 is 2.68 bits per heavy atom. The molecule has 15 nitrogen and oxygen atoms in total. The van der Waals surface area contributed by atoms with E-state index >= 15 is 0 Å². The van der Waals surface area contributed by atoms with Crippen LogP contribution >= 0.6 is 34.9 Å². The third-order valence-corrected chi connectivity index (χ3v) is 9.16. The van der Waals surface area contributed by atoms with Crippen molar-refractivity contribution in [2.75, 3.05) is 30.5 Å². The molecule has 1 saturated heterocycles. The smallest absolute Gasteiger partial charge is 0.352 e. The van der Waals surface area contributed by atoms with Gasteiger partial charge in [-0.15, -0.1) is 45.1 Å². The Labute approximate surface area is 261 Å². The van der Waals surface area contributed by atoms with Crippen molar-refractivity contribution in [3.8, 4) is 11.6 Å². The minimum atomic E-state index is -1.27. The topological polar surface area (TPSA) is 206 Å². The van der Waals surface area contributed by atoms with Crippen LogP contribution in [0, 0.1) is 0 Å². The van der Waals surface area contributed by atoms with Crippen LogP contribution in [-0.4, -0.2) is 96.3 Å². The number of carboxylic acid groups (broad SMARTS) is 1. The fourth-order valence-corrected chi connectivity index (χ4v) is 7.12. The second kappa shape index (κ2) is 13.7. The van der Waals surface area contributed by atoms with E-state index in [0.29, 0.717) is 22.1 Å². The van der Waals surface area contributed by atoms with E-state index in [4.69, 9.17) is 9.57 Å². The van der Waals surface area contributed by atoms with E-state index in [0.717, 1.165) is 16.2 Å². The van der Waals surface area contributed by atoms with E-state index in [2.05, 4.69) is 31.0 Å². The summed E-state index contributed by atoms with van der Waals surface area (Å²) < 4.78 is 5.42. The van der Waals surface area contributed by atoms with Crippen molar-refractivity contribution in [3.63, 3.8) is 0 Å². The summed E-state index contributed by atoms with van der Waals surface area (Å²) in [5, 5.41) is 37.1. The number of rotatable bonds is 12. The molecule has 2 aliphatic rings. The molecule has 5 rings (SSSR count). The van der Waals surface area contributed by atoms with Gasteiger partial charge in [0.1, 0.15) is 40.7 Å². The molecule has 0 aliphatic carbocycles. The number of β-lactam (4-membered cyclic amide) rings is 1. The molecule has 228 valence electrons. The standard InChI is InChI=1S/C26H23N7O8S3/c1-40-32-19(15-12-44-26(27-15)28-17(35)9-41-14-5-3-2-4-6-14)22(36)29-20-23(37)33-21(25(38)39)13(11-43-24(20)33)10-42-18-8-7-16(34)30-31-18/h2-8,12,20,24H,9-11H2,1H3,(H,29,36)(H,30,34)(H,38,39)(H,27,28,35)/t20-,24+/m1/s1. The summed E-state index contributed by atoms with van der Waals surface area (Å²) in [5.74, 6) is -2.28. The number of anilines is 1. The number of aromatic hydroxyl groups is 1. The summed E-state index contributed by atoms with van der Waals surface area (Å²) in [4.78, 5) is 61.0. The number of nitrogens with zero attached hydrogens (tertiary/aromatic N) is 5. The fourth-order valence-electron chi connectivity index (χ4n) is 4.11. The SMILES string of the molecule is CON=C(C(=O)N[C@@H]1C(=O)N2C(C(=O)O)=C(CSc3ccc(O)nn3)CS[C@@H]12)c1csc(NC(=O)COc2ccccc2)n1. The first-order valence-electron chi connectivity index (χ1n) is 12.7. The van der Waals surface area contributed by atoms with Crippen LogP contribution in [0.5, 0.6) is 11.6 Å². The van der Waals surface area contributed by atoms with Crippen molar-refractivity contribution in [2.45, 2.75) is 16.4 Å². The van der Waals surface area contributed by atoms with Gasteiger partial charge in [0.15, 0.2) is 17.5 Å². The van der Waals surface area contributed by atoms with E-state index in [1.807, 2.05) is 6.07 Å². The molecular formula is C26H23N7O8S3. The number of benzene rings is 1. The number of nitrogens with one attached hydrogen (secondary N) is 2. The first-order valence-corrected chi connectivity index (χ1v) is 15.6. The molecule has 0 saturated carbocycles. The van der Waals surface area contributed by atoms with Gasteiger partial charge in [0.05, 0.1) is 0 Å². The number of ether oxygens (including phenoxy) is 1. The van der Waals surface area contributed by atoms with Crippen molar-refractivity contribution in [1.82, 2.24) is 25.4 Å². The predicted molar refractivity (Wildman–Crippen MR) is 160 cm³/mol. The van der Waals surface area contributed by atoms with Gasteiger partial charge in [-0.2, -0.15) is 0 Å². The van der Waals surface area contributed by atoms with Crippen LogP contribution in [0.1, 0.15) is 5.69 Å². The molecule has 3 amide bonds. The molecule has 2 atom stereocenters. The zero-order valence-corrected chi connectivity index (χ0v) is 25.1. The quantitative estimate of drug-likeness (QED) is 0.0945. The maximum atomic E-state index is 13.2. The van der Waals surface area contributed by atoms with Gasteiger partial charge in [-0.25, -0.2) is 9.78 Å². The summed E-state index contributed by atoms with van der Waals surface area (Å²) >= 11 is 3.57. The number of hydrogen-bond acceptors (Lipinski definition) is 14. The van der Waals surface area contributed by atoms with Gasteiger partial charge in [-0.3, -0.25) is 24.6 Å². The Kier molecular flexibility index (Phi) is 9.61. The Morgan fingerprint density at radius 2 is 1.98 bits per heavy atom. The lowest BCUT2D eigenvalue weighted by atomic mass is 10.0. The highest BCUT2D eigenvalue weighted by atomic mass is 32.2. The number of carbonyl (C=O) groups is 4. The number of thiazole rings is 1. The summed E-state index contributed by atoms with van der Waals surface area (Å²) in [6.07, 6.45) is 0. The average Bonchev–Trinajstić information content (AvgIpc) is 3.48. The van der Waals surface area contributed by atoms with Crippen LogP contribution in [-0.2, 0) is 24.0 Å². The third-order valence-electron chi connectivity index (χ3n) is 6.06. The number of aromatic nitrogens is 3. The molecule has 18 heteroatoms. The van der Waals surface area contributed by atoms with Crippen molar-refractivity contribution >= 4 is 69.4 Å². The number of carbonyl (C=O) groups excluding carboxylic acids is 3. The van der Waals surface area contributed by atoms with E-state index in [1.54, 1.807) is 30.3 Å². The number of fused-ring (bicyclic) bond motifs is 1. The lowest BCUT2D eigenvalue weighted by Crippen LogP contribution is -2.71.